The first-order chi connectivity index (χ1) is 6.81. The number of hydrogen-bond acceptors (Lipinski definition) is 3. The summed E-state index contributed by atoms with van der Waals surface area (Å²) in [6, 6.07) is 0. The molecule has 0 saturated carbocycles. The Labute approximate surface area is 82.5 Å². The van der Waals surface area contributed by atoms with Crippen molar-refractivity contribution in [2.75, 3.05) is 6.54 Å². The van der Waals surface area contributed by atoms with Gasteiger partial charge in [0.2, 0.25) is 5.91 Å². The fourth-order valence-corrected chi connectivity index (χ4v) is 1.69. The summed E-state index contributed by atoms with van der Waals surface area (Å²) < 4.78 is 0. The Balaban J connectivity index is 2.04. The zero-order valence-electron chi connectivity index (χ0n) is 8.29. The van der Waals surface area contributed by atoms with E-state index in [0.717, 1.165) is 30.8 Å². The van der Waals surface area contributed by atoms with Gasteiger partial charge in [-0.15, -0.1) is 0 Å². The highest BCUT2D eigenvalue weighted by molar-refractivity contribution is 5.76. The number of aromatic amines is 1. The molecule has 5 nitrogen and oxygen atoms in total. The van der Waals surface area contributed by atoms with Crippen molar-refractivity contribution in [1.29, 1.82) is 0 Å². The van der Waals surface area contributed by atoms with E-state index < -0.39 is 0 Å². The molecule has 1 aliphatic heterocycles. The molecular formula is C9H14N4O. The first-order valence-corrected chi connectivity index (χ1v) is 4.97. The van der Waals surface area contributed by atoms with Crippen molar-refractivity contribution in [2.45, 2.75) is 32.7 Å². The first-order valence-electron chi connectivity index (χ1n) is 4.97. The fourth-order valence-electron chi connectivity index (χ4n) is 1.69. The average molecular weight is 194 g/mol. The number of nitrogens with one attached hydrogen (secondary N) is 1. The van der Waals surface area contributed by atoms with Crippen molar-refractivity contribution in [3.8, 4) is 0 Å². The molecule has 1 amide bonds. The number of fused-ring (bicyclic) bond motifs is 1. The second-order valence-corrected chi connectivity index (χ2v) is 3.53. The van der Waals surface area contributed by atoms with E-state index in [0.29, 0.717) is 13.0 Å². The third-order valence-corrected chi connectivity index (χ3v) is 2.48. The second kappa shape index (κ2) is 3.77. The average Bonchev–Trinajstić information content (AvgIpc) is 2.64. The van der Waals surface area contributed by atoms with Gasteiger partial charge in [-0.25, -0.2) is 0 Å². The molecule has 0 bridgehead atoms. The van der Waals surface area contributed by atoms with Crippen molar-refractivity contribution in [1.82, 2.24) is 20.3 Å². The van der Waals surface area contributed by atoms with Crippen molar-refractivity contribution < 1.29 is 4.79 Å². The zero-order chi connectivity index (χ0) is 9.97. The van der Waals surface area contributed by atoms with Crippen LogP contribution >= 0.6 is 0 Å². The number of carbonyl (C=O) groups is 1. The minimum Gasteiger partial charge on any atom is -0.336 e. The minimum atomic E-state index is 0.223. The van der Waals surface area contributed by atoms with Crippen LogP contribution in [0.5, 0.6) is 0 Å². The van der Waals surface area contributed by atoms with E-state index >= 15 is 0 Å². The van der Waals surface area contributed by atoms with Gasteiger partial charge in [0, 0.05) is 19.4 Å². The van der Waals surface area contributed by atoms with Gasteiger partial charge in [-0.1, -0.05) is 6.92 Å². The van der Waals surface area contributed by atoms with Crippen LogP contribution in [0.2, 0.25) is 0 Å². The third kappa shape index (κ3) is 1.62. The molecular weight excluding hydrogens is 180 g/mol. The van der Waals surface area contributed by atoms with Crippen molar-refractivity contribution >= 4 is 5.91 Å². The van der Waals surface area contributed by atoms with Crippen LogP contribution in [0.3, 0.4) is 0 Å². The molecule has 76 valence electrons. The molecule has 1 aromatic heterocycles. The maximum atomic E-state index is 11.6. The topological polar surface area (TPSA) is 61.9 Å². The Morgan fingerprint density at radius 3 is 3.07 bits per heavy atom. The molecule has 1 N–H and O–H groups in total. The molecule has 14 heavy (non-hydrogen) atoms. The van der Waals surface area contributed by atoms with Crippen molar-refractivity contribution in [3.63, 3.8) is 0 Å². The summed E-state index contributed by atoms with van der Waals surface area (Å²) in [5.41, 5.74) is 1.92. The largest absolute Gasteiger partial charge is 0.336 e. The number of hydrogen-bond donors (Lipinski definition) is 1. The van der Waals surface area contributed by atoms with Gasteiger partial charge >= 0.3 is 0 Å². The number of carbonyl (C=O) groups excluding carboxylic acids is 1. The Hall–Kier alpha value is -1.39. The smallest absolute Gasteiger partial charge is 0.222 e. The predicted octanol–water partition coefficient (Wildman–Crippen LogP) is 0.489. The highest BCUT2D eigenvalue weighted by Gasteiger charge is 2.22. The standard InChI is InChI=1S/C9H14N4O/c1-2-3-9(14)13-5-4-7-8(6-13)11-12-10-7/h2-6H2,1H3,(H,10,11,12). The summed E-state index contributed by atoms with van der Waals surface area (Å²) in [6.45, 7) is 3.41. The lowest BCUT2D eigenvalue weighted by molar-refractivity contribution is -0.132. The lowest BCUT2D eigenvalue weighted by Gasteiger charge is -2.25. The number of rotatable bonds is 2. The van der Waals surface area contributed by atoms with Crippen molar-refractivity contribution in [2.24, 2.45) is 0 Å². The summed E-state index contributed by atoms with van der Waals surface area (Å²) in [5, 5.41) is 10.6. The lowest BCUT2D eigenvalue weighted by atomic mass is 10.1. The van der Waals surface area contributed by atoms with Gasteiger partial charge in [0.25, 0.3) is 0 Å². The molecule has 1 aliphatic rings. The lowest BCUT2D eigenvalue weighted by Crippen LogP contribution is -2.35. The van der Waals surface area contributed by atoms with Crippen LogP contribution in [0.15, 0.2) is 0 Å². The summed E-state index contributed by atoms with van der Waals surface area (Å²) in [7, 11) is 0. The van der Waals surface area contributed by atoms with E-state index in [9.17, 15) is 4.79 Å². The molecule has 2 heterocycles. The van der Waals surface area contributed by atoms with E-state index in [2.05, 4.69) is 15.4 Å². The number of amides is 1. The summed E-state index contributed by atoms with van der Waals surface area (Å²) in [6.07, 6.45) is 2.36. The molecule has 2 rings (SSSR count). The Morgan fingerprint density at radius 1 is 1.50 bits per heavy atom. The maximum absolute atomic E-state index is 11.6. The SMILES string of the molecule is CCCC(=O)N1CCc2n[nH]nc2C1. The van der Waals surface area contributed by atoms with Crippen LogP contribution in [0.4, 0.5) is 0 Å². The van der Waals surface area contributed by atoms with Gasteiger partial charge in [-0.3, -0.25) is 4.79 Å². The van der Waals surface area contributed by atoms with Crippen LogP contribution in [0, 0.1) is 0 Å². The van der Waals surface area contributed by atoms with Crippen LogP contribution in [0.25, 0.3) is 0 Å². The molecule has 0 aliphatic carbocycles. The molecule has 0 saturated heterocycles. The van der Waals surface area contributed by atoms with Crippen molar-refractivity contribution in [3.05, 3.63) is 11.4 Å². The van der Waals surface area contributed by atoms with Crippen LogP contribution in [-0.2, 0) is 17.8 Å². The third-order valence-electron chi connectivity index (χ3n) is 2.48. The quantitative estimate of drug-likeness (QED) is 0.745. The molecule has 0 spiro atoms. The molecule has 0 atom stereocenters. The van der Waals surface area contributed by atoms with E-state index in [-0.39, 0.29) is 5.91 Å². The Kier molecular flexibility index (Phi) is 2.47. The molecule has 0 aromatic carbocycles. The Morgan fingerprint density at radius 2 is 2.29 bits per heavy atom. The van der Waals surface area contributed by atoms with E-state index in [4.69, 9.17) is 0 Å². The summed E-state index contributed by atoms with van der Waals surface area (Å²) in [5.74, 6) is 0.223. The zero-order valence-corrected chi connectivity index (χ0v) is 8.29. The molecule has 5 heteroatoms. The molecule has 1 aromatic rings. The van der Waals surface area contributed by atoms with E-state index in [1.807, 2.05) is 11.8 Å². The second-order valence-electron chi connectivity index (χ2n) is 3.53. The highest BCUT2D eigenvalue weighted by atomic mass is 16.2. The predicted molar refractivity (Wildman–Crippen MR) is 50.4 cm³/mol. The minimum absolute atomic E-state index is 0.223. The van der Waals surface area contributed by atoms with Gasteiger partial charge in [0.1, 0.15) is 5.69 Å². The van der Waals surface area contributed by atoms with Gasteiger partial charge < -0.3 is 4.90 Å². The van der Waals surface area contributed by atoms with Gasteiger partial charge in [0.15, 0.2) is 0 Å². The van der Waals surface area contributed by atoms with Gasteiger partial charge in [-0.2, -0.15) is 15.4 Å². The van der Waals surface area contributed by atoms with Gasteiger partial charge in [0.05, 0.1) is 12.2 Å². The monoisotopic (exact) mass is 194 g/mol. The number of aromatic nitrogens is 3. The Bertz CT molecular complexity index is 333. The maximum Gasteiger partial charge on any atom is 0.222 e. The summed E-state index contributed by atoms with van der Waals surface area (Å²) in [4.78, 5) is 13.5. The molecule has 0 unspecified atom stereocenters. The van der Waals surface area contributed by atoms with Gasteiger partial charge in [-0.05, 0) is 6.42 Å². The molecule has 0 radical (unpaired) electrons. The number of nitrogens with zero attached hydrogens (tertiary/aromatic N) is 3. The van der Waals surface area contributed by atoms with Crippen LogP contribution in [0.1, 0.15) is 31.2 Å². The molecule has 0 fully saturated rings. The first kappa shape index (κ1) is 9.18. The van der Waals surface area contributed by atoms with E-state index in [1.165, 1.54) is 0 Å². The summed E-state index contributed by atoms with van der Waals surface area (Å²) >= 11 is 0. The number of H-pyrrole nitrogens is 1. The fraction of sp³-hybridized carbons (Fsp3) is 0.667. The van der Waals surface area contributed by atoms with E-state index in [1.54, 1.807) is 0 Å². The normalized spacial score (nSPS) is 15.4. The van der Waals surface area contributed by atoms with Crippen LogP contribution in [-0.4, -0.2) is 32.8 Å². The van der Waals surface area contributed by atoms with Crippen LogP contribution < -0.4 is 0 Å². The highest BCUT2D eigenvalue weighted by Crippen LogP contribution is 2.14.